The molecule has 4 rings (SSSR count). The average molecular weight is 372 g/mol. The van der Waals surface area contributed by atoms with E-state index >= 15 is 0 Å². The molecule has 1 aliphatic heterocycles. The minimum Gasteiger partial charge on any atom is -0.499 e. The highest BCUT2D eigenvalue weighted by Crippen LogP contribution is 2.63. The largest absolute Gasteiger partial charge is 0.499 e. The van der Waals surface area contributed by atoms with E-state index in [1.54, 1.807) is 12.2 Å². The van der Waals surface area contributed by atoms with Gasteiger partial charge in [-0.3, -0.25) is 4.79 Å². The van der Waals surface area contributed by atoms with Gasteiger partial charge in [0.25, 0.3) is 0 Å². The lowest BCUT2D eigenvalue weighted by atomic mass is 9.70. The molecule has 0 aromatic heterocycles. The van der Waals surface area contributed by atoms with Crippen molar-refractivity contribution in [1.82, 2.24) is 0 Å². The average Bonchev–Trinajstić information content (AvgIpc) is 3.18. The van der Waals surface area contributed by atoms with E-state index in [0.29, 0.717) is 23.7 Å². The van der Waals surface area contributed by atoms with Crippen molar-refractivity contribution >= 4 is 5.78 Å². The van der Waals surface area contributed by atoms with Crippen LogP contribution in [0.4, 0.5) is 0 Å². The normalized spacial score (nSPS) is 36.5. The number of carbonyl (C=O) groups excluding carboxylic acids is 1. The molecule has 2 bridgehead atoms. The first-order chi connectivity index (χ1) is 13.0. The maximum absolute atomic E-state index is 13.7. The first kappa shape index (κ1) is 18.1. The van der Waals surface area contributed by atoms with Crippen molar-refractivity contribution in [3.63, 3.8) is 0 Å². The van der Waals surface area contributed by atoms with Crippen LogP contribution in [0.2, 0.25) is 0 Å². The van der Waals surface area contributed by atoms with Crippen LogP contribution >= 0.6 is 0 Å². The maximum atomic E-state index is 13.7. The molecular weight excluding hydrogens is 348 g/mol. The van der Waals surface area contributed by atoms with Crippen molar-refractivity contribution in [2.45, 2.75) is 31.0 Å². The molecule has 27 heavy (non-hydrogen) atoms. The molecule has 1 aromatic carbocycles. The number of ketones is 1. The van der Waals surface area contributed by atoms with Crippen molar-refractivity contribution in [1.29, 1.82) is 0 Å². The highest BCUT2D eigenvalue weighted by Gasteiger charge is 2.72. The molecule has 144 valence electrons. The van der Waals surface area contributed by atoms with Crippen LogP contribution in [0.1, 0.15) is 24.8 Å². The Morgan fingerprint density at radius 2 is 2.07 bits per heavy atom. The minimum absolute atomic E-state index is 0.138. The van der Waals surface area contributed by atoms with Crippen LogP contribution in [-0.2, 0) is 14.3 Å². The Kier molecular flexibility index (Phi) is 4.09. The van der Waals surface area contributed by atoms with Crippen LogP contribution < -0.4 is 9.47 Å². The first-order valence-corrected chi connectivity index (χ1v) is 9.01. The number of rotatable bonds is 5. The van der Waals surface area contributed by atoms with Crippen LogP contribution in [0.3, 0.4) is 0 Å². The Morgan fingerprint density at radius 1 is 1.33 bits per heavy atom. The SMILES string of the molecule is C=CC[C@]12C=C(OC)[C@@H](O)[C@](OC)(C1=O)[C@@H](c1ccc3c(c1)OCO3)[C@@H]2C. The number of aliphatic hydroxyl groups excluding tert-OH is 1. The van der Waals surface area contributed by atoms with Gasteiger partial charge in [0, 0.05) is 13.0 Å². The molecule has 1 heterocycles. The van der Waals surface area contributed by atoms with E-state index in [9.17, 15) is 9.90 Å². The Hall–Kier alpha value is -2.31. The third-order valence-corrected chi connectivity index (χ3v) is 6.44. The quantitative estimate of drug-likeness (QED) is 0.801. The smallest absolute Gasteiger partial charge is 0.231 e. The molecule has 0 radical (unpaired) electrons. The van der Waals surface area contributed by atoms with E-state index < -0.39 is 17.1 Å². The molecule has 5 atom stereocenters. The van der Waals surface area contributed by atoms with E-state index in [-0.39, 0.29) is 24.4 Å². The highest BCUT2D eigenvalue weighted by atomic mass is 16.7. The van der Waals surface area contributed by atoms with Gasteiger partial charge in [0.2, 0.25) is 6.79 Å². The maximum Gasteiger partial charge on any atom is 0.231 e. The molecule has 0 saturated heterocycles. The molecule has 2 aliphatic carbocycles. The zero-order valence-electron chi connectivity index (χ0n) is 15.7. The molecule has 0 unspecified atom stereocenters. The number of aliphatic hydroxyl groups is 1. The van der Waals surface area contributed by atoms with Gasteiger partial charge >= 0.3 is 0 Å². The fraction of sp³-hybridized carbons (Fsp3) is 0.476. The van der Waals surface area contributed by atoms with Gasteiger partial charge in [-0.15, -0.1) is 6.58 Å². The molecule has 6 nitrogen and oxygen atoms in total. The predicted molar refractivity (Wildman–Crippen MR) is 97.6 cm³/mol. The van der Waals surface area contributed by atoms with Crippen LogP contribution in [0.15, 0.2) is 42.7 Å². The van der Waals surface area contributed by atoms with Gasteiger partial charge in [-0.1, -0.05) is 19.1 Å². The van der Waals surface area contributed by atoms with E-state index in [0.717, 1.165) is 5.56 Å². The lowest BCUT2D eigenvalue weighted by Crippen LogP contribution is -2.57. The molecule has 0 spiro atoms. The first-order valence-electron chi connectivity index (χ1n) is 9.01. The fourth-order valence-corrected chi connectivity index (χ4v) is 5.14. The van der Waals surface area contributed by atoms with Crippen LogP contribution in [0, 0.1) is 11.3 Å². The number of allylic oxidation sites excluding steroid dienone is 2. The number of hydrogen-bond donors (Lipinski definition) is 1. The molecule has 1 N–H and O–H groups in total. The second kappa shape index (κ2) is 6.11. The van der Waals surface area contributed by atoms with Crippen LogP contribution in [-0.4, -0.2) is 43.6 Å². The second-order valence-electron chi connectivity index (χ2n) is 7.39. The summed E-state index contributed by atoms with van der Waals surface area (Å²) >= 11 is 0. The standard InChI is InChI=1S/C21H24O6/c1-5-8-20-10-16(24-3)18(22)21(25-4,19(20)23)17(12(20)2)13-6-7-14-15(9-13)27-11-26-14/h5-7,9-10,12,17-18,22H,1,8,11H2,2-4H3/t12-,17+,18+,20+,21-/m0/s1. The Labute approximate surface area is 158 Å². The molecule has 6 heteroatoms. The summed E-state index contributed by atoms with van der Waals surface area (Å²) in [6.07, 6.45) is 2.74. The van der Waals surface area contributed by atoms with E-state index in [1.807, 2.05) is 25.1 Å². The van der Waals surface area contributed by atoms with Gasteiger partial charge in [0.15, 0.2) is 22.9 Å². The van der Waals surface area contributed by atoms with E-state index in [4.69, 9.17) is 18.9 Å². The van der Waals surface area contributed by atoms with Gasteiger partial charge < -0.3 is 24.1 Å². The van der Waals surface area contributed by atoms with Gasteiger partial charge in [-0.2, -0.15) is 0 Å². The van der Waals surface area contributed by atoms with Gasteiger partial charge in [-0.05, 0) is 36.1 Å². The lowest BCUT2D eigenvalue weighted by Gasteiger charge is -2.40. The summed E-state index contributed by atoms with van der Waals surface area (Å²) in [7, 11) is 2.96. The van der Waals surface area contributed by atoms with Crippen molar-refractivity contribution in [2.24, 2.45) is 11.3 Å². The number of methoxy groups -OCH3 is 2. The number of benzene rings is 1. The zero-order valence-corrected chi connectivity index (χ0v) is 15.7. The van der Waals surface area contributed by atoms with Gasteiger partial charge in [0.1, 0.15) is 11.9 Å². The minimum atomic E-state index is -1.43. The number of carbonyl (C=O) groups is 1. The Bertz CT molecular complexity index is 830. The van der Waals surface area contributed by atoms with Crippen LogP contribution in [0.5, 0.6) is 11.5 Å². The monoisotopic (exact) mass is 372 g/mol. The second-order valence-corrected chi connectivity index (χ2v) is 7.39. The molecule has 1 fully saturated rings. The third-order valence-electron chi connectivity index (χ3n) is 6.44. The summed E-state index contributed by atoms with van der Waals surface area (Å²) in [5.74, 6) is 0.984. The zero-order chi connectivity index (χ0) is 19.4. The fourth-order valence-electron chi connectivity index (χ4n) is 5.14. The highest BCUT2D eigenvalue weighted by molar-refractivity contribution is 6.01. The summed E-state index contributed by atoms with van der Waals surface area (Å²) in [6, 6.07) is 5.61. The summed E-state index contributed by atoms with van der Waals surface area (Å²) in [4.78, 5) is 13.7. The number of ether oxygens (including phenoxy) is 4. The molecule has 0 amide bonds. The van der Waals surface area contributed by atoms with Gasteiger partial charge in [0.05, 0.1) is 12.5 Å². The molecule has 3 aliphatic rings. The van der Waals surface area contributed by atoms with Crippen molar-refractivity contribution in [3.05, 3.63) is 48.3 Å². The van der Waals surface area contributed by atoms with Crippen molar-refractivity contribution in [3.8, 4) is 11.5 Å². The number of hydrogen-bond acceptors (Lipinski definition) is 6. The summed E-state index contributed by atoms with van der Waals surface area (Å²) < 4.78 is 22.2. The summed E-state index contributed by atoms with van der Waals surface area (Å²) in [6.45, 7) is 6.02. The van der Waals surface area contributed by atoms with E-state index in [1.165, 1.54) is 14.2 Å². The number of Topliss-reactive ketones (excluding diaryl/α,β-unsaturated/α-hetero) is 1. The molecule has 1 saturated carbocycles. The van der Waals surface area contributed by atoms with Crippen molar-refractivity contribution < 1.29 is 28.8 Å². The lowest BCUT2D eigenvalue weighted by molar-refractivity contribution is -0.161. The molecule has 1 aromatic rings. The summed E-state index contributed by atoms with van der Waals surface area (Å²) in [5, 5.41) is 11.1. The summed E-state index contributed by atoms with van der Waals surface area (Å²) in [5.41, 5.74) is -1.42. The van der Waals surface area contributed by atoms with Crippen LogP contribution in [0.25, 0.3) is 0 Å². The topological polar surface area (TPSA) is 74.2 Å². The van der Waals surface area contributed by atoms with Gasteiger partial charge in [-0.25, -0.2) is 0 Å². The van der Waals surface area contributed by atoms with E-state index in [2.05, 4.69) is 6.58 Å². The van der Waals surface area contributed by atoms with Crippen molar-refractivity contribution in [2.75, 3.05) is 21.0 Å². The Balaban J connectivity index is 1.93. The number of fused-ring (bicyclic) bond motifs is 3. The molecular formula is C21H24O6. The third kappa shape index (κ3) is 2.11. The predicted octanol–water partition coefficient (Wildman–Crippen LogP) is 2.57. The Morgan fingerprint density at radius 3 is 2.74 bits per heavy atom.